The third kappa shape index (κ3) is 4.06. The Labute approximate surface area is 121 Å². The summed E-state index contributed by atoms with van der Waals surface area (Å²) in [4.78, 5) is 0. The Morgan fingerprint density at radius 2 is 1.62 bits per heavy atom. The minimum Gasteiger partial charge on any atom is -0.248 e. The van der Waals surface area contributed by atoms with Gasteiger partial charge in [-0.25, -0.2) is 17.6 Å². The van der Waals surface area contributed by atoms with Gasteiger partial charge in [-0.3, -0.25) is 0 Å². The number of alkyl halides is 2. The molecule has 0 aliphatic rings. The van der Waals surface area contributed by atoms with E-state index in [1.54, 1.807) is 24.3 Å². The van der Waals surface area contributed by atoms with Crippen LogP contribution in [0.25, 0.3) is 0 Å². The molecule has 2 aromatic carbocycles. The molecule has 4 heteroatoms. The molecule has 0 nitrogen and oxygen atoms in total. The molecule has 21 heavy (non-hydrogen) atoms. The molecule has 0 saturated heterocycles. The lowest BCUT2D eigenvalue weighted by atomic mass is 9.87. The van der Waals surface area contributed by atoms with E-state index < -0.39 is 30.4 Å². The molecule has 0 radical (unpaired) electrons. The van der Waals surface area contributed by atoms with E-state index in [-0.39, 0.29) is 18.4 Å². The van der Waals surface area contributed by atoms with Crippen LogP contribution >= 0.6 is 0 Å². The van der Waals surface area contributed by atoms with Crippen molar-refractivity contribution in [3.05, 3.63) is 71.3 Å². The predicted molar refractivity (Wildman–Crippen MR) is 74.7 cm³/mol. The number of halogens is 4. The molecular weight excluding hydrogens is 280 g/mol. The number of benzene rings is 2. The lowest BCUT2D eigenvalue weighted by Gasteiger charge is -2.19. The summed E-state index contributed by atoms with van der Waals surface area (Å²) in [7, 11) is 0. The van der Waals surface area contributed by atoms with Crippen molar-refractivity contribution < 1.29 is 17.6 Å². The molecule has 2 unspecified atom stereocenters. The van der Waals surface area contributed by atoms with Crippen molar-refractivity contribution in [3.8, 4) is 0 Å². The predicted octanol–water partition coefficient (Wildman–Crippen LogP) is 4.99. The average molecular weight is 296 g/mol. The van der Waals surface area contributed by atoms with Crippen molar-refractivity contribution >= 4 is 0 Å². The van der Waals surface area contributed by atoms with Crippen molar-refractivity contribution in [1.82, 2.24) is 0 Å². The van der Waals surface area contributed by atoms with Crippen molar-refractivity contribution in [2.24, 2.45) is 0 Å². The van der Waals surface area contributed by atoms with E-state index in [9.17, 15) is 17.6 Å². The highest BCUT2D eigenvalue weighted by molar-refractivity contribution is 5.26. The fraction of sp³-hybridized carbons (Fsp3) is 0.294. The summed E-state index contributed by atoms with van der Waals surface area (Å²) in [5.41, 5.74) is 0.965. The Balaban J connectivity index is 2.25. The molecule has 2 atom stereocenters. The number of hydrogen-bond acceptors (Lipinski definition) is 0. The topological polar surface area (TPSA) is 0 Å². The first kappa shape index (κ1) is 15.5. The third-order valence-corrected chi connectivity index (χ3v) is 3.48. The van der Waals surface area contributed by atoms with Gasteiger partial charge in [0.05, 0.1) is 0 Å². The Morgan fingerprint density at radius 3 is 2.29 bits per heavy atom. The van der Waals surface area contributed by atoms with Gasteiger partial charge in [0.15, 0.2) is 11.6 Å². The van der Waals surface area contributed by atoms with Gasteiger partial charge in [0.2, 0.25) is 0 Å². The quantitative estimate of drug-likeness (QED) is 0.659. The van der Waals surface area contributed by atoms with Gasteiger partial charge in [0.25, 0.3) is 0 Å². The van der Waals surface area contributed by atoms with Crippen LogP contribution < -0.4 is 0 Å². The van der Waals surface area contributed by atoms with Gasteiger partial charge in [-0.1, -0.05) is 42.5 Å². The molecular formula is C17H16F4. The van der Waals surface area contributed by atoms with Gasteiger partial charge >= 0.3 is 0 Å². The van der Waals surface area contributed by atoms with Crippen molar-refractivity contribution in [1.29, 1.82) is 0 Å². The van der Waals surface area contributed by atoms with Crippen LogP contribution in [0.5, 0.6) is 0 Å². The van der Waals surface area contributed by atoms with Crippen molar-refractivity contribution in [2.75, 3.05) is 6.67 Å². The van der Waals surface area contributed by atoms with Gasteiger partial charge in [0.1, 0.15) is 12.8 Å². The fourth-order valence-corrected chi connectivity index (χ4v) is 2.41. The minimum absolute atomic E-state index is 0.0591. The molecule has 0 spiro atoms. The maximum atomic E-state index is 13.8. The summed E-state index contributed by atoms with van der Waals surface area (Å²) in [6.07, 6.45) is -1.53. The van der Waals surface area contributed by atoms with E-state index in [1.165, 1.54) is 12.1 Å². The highest BCUT2D eigenvalue weighted by atomic mass is 19.2. The molecule has 2 rings (SSSR count). The molecule has 2 aromatic rings. The van der Waals surface area contributed by atoms with Crippen molar-refractivity contribution in [2.45, 2.75) is 24.9 Å². The second-order valence-electron chi connectivity index (χ2n) is 5.01. The first-order chi connectivity index (χ1) is 10.1. The molecule has 0 aliphatic heterocycles. The highest BCUT2D eigenvalue weighted by Gasteiger charge is 2.20. The molecule has 0 aliphatic carbocycles. The van der Waals surface area contributed by atoms with E-state index in [1.807, 2.05) is 6.07 Å². The van der Waals surface area contributed by atoms with Crippen molar-refractivity contribution in [3.63, 3.8) is 0 Å². The standard InChI is InChI=1S/C17H16F4/c18-11-15(19)10-14(12-5-2-1-3-6-12)9-13-7-4-8-16(20)17(13)21/h1-8,14-15H,9-11H2. The summed E-state index contributed by atoms with van der Waals surface area (Å²) in [5.74, 6) is -2.25. The van der Waals surface area contributed by atoms with Crippen LogP contribution in [0.1, 0.15) is 23.5 Å². The fourth-order valence-electron chi connectivity index (χ4n) is 2.41. The summed E-state index contributed by atoms with van der Waals surface area (Å²) in [6.45, 7) is -1.07. The molecule has 0 N–H and O–H groups in total. The first-order valence-electron chi connectivity index (χ1n) is 6.79. The zero-order valence-corrected chi connectivity index (χ0v) is 11.4. The van der Waals surface area contributed by atoms with Gasteiger partial charge in [-0.15, -0.1) is 0 Å². The summed E-state index contributed by atoms with van der Waals surface area (Å²) in [6, 6.07) is 12.9. The van der Waals surface area contributed by atoms with Crippen LogP contribution in [0, 0.1) is 11.6 Å². The van der Waals surface area contributed by atoms with Gasteiger partial charge in [-0.2, -0.15) is 0 Å². The van der Waals surface area contributed by atoms with Crippen LogP contribution in [0.15, 0.2) is 48.5 Å². The second kappa shape index (κ2) is 7.25. The van der Waals surface area contributed by atoms with Crippen LogP contribution in [-0.4, -0.2) is 12.8 Å². The third-order valence-electron chi connectivity index (χ3n) is 3.48. The summed E-state index contributed by atoms with van der Waals surface area (Å²) in [5, 5.41) is 0. The number of hydrogen-bond donors (Lipinski definition) is 0. The smallest absolute Gasteiger partial charge is 0.162 e. The van der Waals surface area contributed by atoms with E-state index >= 15 is 0 Å². The highest BCUT2D eigenvalue weighted by Crippen LogP contribution is 2.28. The molecule has 0 bridgehead atoms. The Kier molecular flexibility index (Phi) is 5.37. The largest absolute Gasteiger partial charge is 0.248 e. The Morgan fingerprint density at radius 1 is 0.905 bits per heavy atom. The van der Waals surface area contributed by atoms with E-state index in [4.69, 9.17) is 0 Å². The normalized spacial score (nSPS) is 13.9. The maximum absolute atomic E-state index is 13.8. The maximum Gasteiger partial charge on any atom is 0.162 e. The zero-order chi connectivity index (χ0) is 15.2. The van der Waals surface area contributed by atoms with Crippen LogP contribution in [-0.2, 0) is 6.42 Å². The Bertz CT molecular complexity index is 568. The molecule has 0 heterocycles. The zero-order valence-electron chi connectivity index (χ0n) is 11.4. The summed E-state index contributed by atoms with van der Waals surface area (Å²) < 4.78 is 52.8. The molecule has 112 valence electrons. The lowest BCUT2D eigenvalue weighted by molar-refractivity contribution is 0.233. The lowest BCUT2D eigenvalue weighted by Crippen LogP contribution is -2.13. The van der Waals surface area contributed by atoms with Crippen LogP contribution in [0.2, 0.25) is 0 Å². The van der Waals surface area contributed by atoms with Crippen LogP contribution in [0.3, 0.4) is 0 Å². The van der Waals surface area contributed by atoms with E-state index in [2.05, 4.69) is 0 Å². The summed E-state index contributed by atoms with van der Waals surface area (Å²) >= 11 is 0. The van der Waals surface area contributed by atoms with E-state index in [0.717, 1.165) is 11.6 Å². The number of rotatable bonds is 6. The first-order valence-corrected chi connectivity index (χ1v) is 6.79. The molecule has 0 aromatic heterocycles. The molecule has 0 saturated carbocycles. The van der Waals surface area contributed by atoms with Gasteiger partial charge < -0.3 is 0 Å². The van der Waals surface area contributed by atoms with Gasteiger partial charge in [-0.05, 0) is 36.0 Å². The second-order valence-corrected chi connectivity index (χ2v) is 5.01. The Hall–Kier alpha value is -1.84. The SMILES string of the molecule is FCC(F)CC(Cc1cccc(F)c1F)c1ccccc1. The molecule has 0 fully saturated rings. The average Bonchev–Trinajstić information content (AvgIpc) is 2.51. The van der Waals surface area contributed by atoms with Crippen LogP contribution in [0.4, 0.5) is 17.6 Å². The van der Waals surface area contributed by atoms with Gasteiger partial charge in [0, 0.05) is 0 Å². The monoisotopic (exact) mass is 296 g/mol. The minimum atomic E-state index is -1.60. The molecule has 0 amide bonds. The van der Waals surface area contributed by atoms with E-state index in [0.29, 0.717) is 0 Å².